The van der Waals surface area contributed by atoms with E-state index in [1.807, 2.05) is 11.9 Å². The van der Waals surface area contributed by atoms with Crippen LogP contribution in [0.2, 0.25) is 5.15 Å². The molecule has 4 atom stereocenters. The van der Waals surface area contributed by atoms with Crippen LogP contribution in [0.25, 0.3) is 0 Å². The van der Waals surface area contributed by atoms with Gasteiger partial charge in [0.05, 0.1) is 13.2 Å². The van der Waals surface area contributed by atoms with Gasteiger partial charge in [0.1, 0.15) is 11.3 Å². The van der Waals surface area contributed by atoms with Gasteiger partial charge >= 0.3 is 6.09 Å². The van der Waals surface area contributed by atoms with E-state index in [0.717, 1.165) is 38.5 Å². The first-order valence-electron chi connectivity index (χ1n) is 9.54. The third-order valence-electron chi connectivity index (χ3n) is 5.87. The SMILES string of the molecule is CN(c1nc(Cl)cc(O[C@@H]2CCOC2)n1)C1C[C@H]2CCC[C@@H](C1)N2C(=O)O. The highest BCUT2D eigenvalue weighted by atomic mass is 35.5. The molecule has 148 valence electrons. The van der Waals surface area contributed by atoms with E-state index in [0.29, 0.717) is 30.2 Å². The molecule has 0 aromatic carbocycles. The first-order chi connectivity index (χ1) is 13.0. The van der Waals surface area contributed by atoms with Crippen LogP contribution in [-0.2, 0) is 4.74 Å². The monoisotopic (exact) mass is 396 g/mol. The van der Waals surface area contributed by atoms with Crippen LogP contribution in [-0.4, -0.2) is 70.6 Å². The Kier molecular flexibility index (Phi) is 5.27. The molecule has 9 heteroatoms. The number of ether oxygens (including phenoxy) is 2. The number of hydrogen-bond acceptors (Lipinski definition) is 6. The summed E-state index contributed by atoms with van der Waals surface area (Å²) in [6.07, 6.45) is 4.50. The maximum Gasteiger partial charge on any atom is 0.407 e. The van der Waals surface area contributed by atoms with Crippen molar-refractivity contribution in [1.29, 1.82) is 0 Å². The number of rotatable bonds is 4. The predicted octanol–water partition coefficient (Wildman–Crippen LogP) is 2.80. The van der Waals surface area contributed by atoms with E-state index < -0.39 is 6.09 Å². The molecule has 3 saturated heterocycles. The zero-order valence-electron chi connectivity index (χ0n) is 15.4. The van der Waals surface area contributed by atoms with Gasteiger partial charge in [-0.25, -0.2) is 9.78 Å². The molecule has 3 fully saturated rings. The van der Waals surface area contributed by atoms with Gasteiger partial charge in [0.2, 0.25) is 11.8 Å². The summed E-state index contributed by atoms with van der Waals surface area (Å²) in [6.45, 7) is 1.25. The average Bonchev–Trinajstić information content (AvgIpc) is 3.12. The summed E-state index contributed by atoms with van der Waals surface area (Å²) in [5.74, 6) is 0.971. The number of carbonyl (C=O) groups is 1. The molecule has 3 aliphatic heterocycles. The summed E-state index contributed by atoms with van der Waals surface area (Å²) < 4.78 is 11.2. The first kappa shape index (κ1) is 18.6. The van der Waals surface area contributed by atoms with Crippen LogP contribution >= 0.6 is 11.6 Å². The fourth-order valence-electron chi connectivity index (χ4n) is 4.52. The number of nitrogens with zero attached hydrogens (tertiary/aromatic N) is 4. The van der Waals surface area contributed by atoms with E-state index in [1.165, 1.54) is 0 Å². The van der Waals surface area contributed by atoms with Crippen LogP contribution in [0.1, 0.15) is 38.5 Å². The summed E-state index contributed by atoms with van der Waals surface area (Å²) in [6, 6.07) is 1.93. The summed E-state index contributed by atoms with van der Waals surface area (Å²) in [5, 5.41) is 9.87. The van der Waals surface area contributed by atoms with Gasteiger partial charge in [-0.2, -0.15) is 4.98 Å². The van der Waals surface area contributed by atoms with E-state index >= 15 is 0 Å². The second-order valence-corrected chi connectivity index (χ2v) is 7.98. The Morgan fingerprint density at radius 3 is 2.70 bits per heavy atom. The maximum absolute atomic E-state index is 11.6. The number of aromatic nitrogens is 2. The second-order valence-electron chi connectivity index (χ2n) is 7.60. The van der Waals surface area contributed by atoms with Gasteiger partial charge in [0.25, 0.3) is 0 Å². The lowest BCUT2D eigenvalue weighted by molar-refractivity contribution is 0.0351. The van der Waals surface area contributed by atoms with Crippen LogP contribution in [0, 0.1) is 0 Å². The Balaban J connectivity index is 1.50. The molecule has 0 spiro atoms. The Hall–Kier alpha value is -1.80. The molecule has 0 radical (unpaired) electrons. The zero-order chi connectivity index (χ0) is 19.0. The van der Waals surface area contributed by atoms with Crippen molar-refractivity contribution < 1.29 is 19.4 Å². The van der Waals surface area contributed by atoms with Crippen LogP contribution in [0.3, 0.4) is 0 Å². The molecule has 1 aromatic heterocycles. The maximum atomic E-state index is 11.6. The van der Waals surface area contributed by atoms with Crippen LogP contribution in [0.15, 0.2) is 6.07 Å². The lowest BCUT2D eigenvalue weighted by Gasteiger charge is -2.49. The van der Waals surface area contributed by atoms with Crippen molar-refractivity contribution in [2.24, 2.45) is 0 Å². The molecule has 0 saturated carbocycles. The van der Waals surface area contributed by atoms with E-state index in [-0.39, 0.29) is 24.2 Å². The average molecular weight is 397 g/mol. The third-order valence-corrected chi connectivity index (χ3v) is 6.06. The first-order valence-corrected chi connectivity index (χ1v) is 9.92. The Morgan fingerprint density at radius 1 is 1.33 bits per heavy atom. The van der Waals surface area contributed by atoms with Crippen LogP contribution in [0.4, 0.5) is 10.7 Å². The van der Waals surface area contributed by atoms with Crippen molar-refractivity contribution in [2.45, 2.75) is 62.8 Å². The minimum Gasteiger partial charge on any atom is -0.472 e. The van der Waals surface area contributed by atoms with Gasteiger partial charge in [-0.15, -0.1) is 0 Å². The number of carboxylic acid groups (broad SMARTS) is 1. The lowest BCUT2D eigenvalue weighted by atomic mass is 9.81. The predicted molar refractivity (Wildman–Crippen MR) is 99.6 cm³/mol. The fourth-order valence-corrected chi connectivity index (χ4v) is 4.69. The summed E-state index contributed by atoms with van der Waals surface area (Å²) >= 11 is 6.20. The van der Waals surface area contributed by atoms with Gasteiger partial charge in [-0.3, -0.25) is 0 Å². The molecule has 3 aliphatic rings. The van der Waals surface area contributed by atoms with Gasteiger partial charge in [-0.1, -0.05) is 11.6 Å². The van der Waals surface area contributed by atoms with Crippen molar-refractivity contribution >= 4 is 23.6 Å². The molecule has 4 rings (SSSR count). The second kappa shape index (κ2) is 7.67. The molecule has 8 nitrogen and oxygen atoms in total. The number of piperidine rings is 2. The number of hydrogen-bond donors (Lipinski definition) is 1. The number of amides is 1. The summed E-state index contributed by atoms with van der Waals surface area (Å²) in [7, 11) is 1.95. The quantitative estimate of drug-likeness (QED) is 0.783. The zero-order valence-corrected chi connectivity index (χ0v) is 16.1. The molecular weight excluding hydrogens is 372 g/mol. The number of anilines is 1. The van der Waals surface area contributed by atoms with E-state index in [4.69, 9.17) is 21.1 Å². The molecule has 27 heavy (non-hydrogen) atoms. The Labute approximate surface area is 163 Å². The van der Waals surface area contributed by atoms with Crippen LogP contribution < -0.4 is 9.64 Å². The van der Waals surface area contributed by atoms with Crippen molar-refractivity contribution in [2.75, 3.05) is 25.2 Å². The molecule has 1 N–H and O–H groups in total. The molecule has 1 aromatic rings. The summed E-state index contributed by atoms with van der Waals surface area (Å²) in [4.78, 5) is 24.2. The highest BCUT2D eigenvalue weighted by Gasteiger charge is 2.42. The van der Waals surface area contributed by atoms with Gasteiger partial charge < -0.3 is 24.4 Å². The van der Waals surface area contributed by atoms with Crippen molar-refractivity contribution in [3.05, 3.63) is 11.2 Å². The molecule has 0 aliphatic carbocycles. The van der Waals surface area contributed by atoms with E-state index in [1.54, 1.807) is 11.0 Å². The Bertz CT molecular complexity index is 686. The largest absolute Gasteiger partial charge is 0.472 e. The van der Waals surface area contributed by atoms with Crippen molar-refractivity contribution in [3.8, 4) is 5.88 Å². The van der Waals surface area contributed by atoms with Gasteiger partial charge in [0.15, 0.2) is 0 Å². The minimum absolute atomic E-state index is 0.00714. The number of halogens is 1. The number of fused-ring (bicyclic) bond motifs is 2. The van der Waals surface area contributed by atoms with Gasteiger partial charge in [-0.05, 0) is 32.1 Å². The highest BCUT2D eigenvalue weighted by Crippen LogP contribution is 2.36. The fraction of sp³-hybridized carbons (Fsp3) is 0.722. The molecule has 1 amide bonds. The van der Waals surface area contributed by atoms with Crippen molar-refractivity contribution in [1.82, 2.24) is 14.9 Å². The normalized spacial score (nSPS) is 30.2. The van der Waals surface area contributed by atoms with Crippen molar-refractivity contribution in [3.63, 3.8) is 0 Å². The smallest absolute Gasteiger partial charge is 0.407 e. The molecular formula is C18H25ClN4O4. The topological polar surface area (TPSA) is 88.0 Å². The van der Waals surface area contributed by atoms with E-state index in [9.17, 15) is 9.90 Å². The standard InChI is InChI=1S/C18H25ClN4O4/c1-22(13-7-11-3-2-4-12(8-13)23(11)18(24)25)17-20-15(19)9-16(21-17)27-14-5-6-26-10-14/h9,11-14H,2-8,10H2,1H3,(H,24,25)/t11-,12+,13?,14-/m1/s1. The highest BCUT2D eigenvalue weighted by molar-refractivity contribution is 6.29. The van der Waals surface area contributed by atoms with E-state index in [2.05, 4.69) is 9.97 Å². The minimum atomic E-state index is -0.806. The molecule has 2 bridgehead atoms. The third kappa shape index (κ3) is 3.91. The lowest BCUT2D eigenvalue weighted by Crippen LogP contribution is -2.58. The molecule has 4 heterocycles. The van der Waals surface area contributed by atoms with Gasteiger partial charge in [0, 0.05) is 37.7 Å². The molecule has 1 unspecified atom stereocenters. The Morgan fingerprint density at radius 2 is 2.07 bits per heavy atom. The summed E-state index contributed by atoms with van der Waals surface area (Å²) in [5.41, 5.74) is 0. The van der Waals surface area contributed by atoms with Crippen LogP contribution in [0.5, 0.6) is 5.88 Å².